The lowest BCUT2D eigenvalue weighted by molar-refractivity contribution is -0.137. The third-order valence-electron chi connectivity index (χ3n) is 2.03. The predicted molar refractivity (Wildman–Crippen MR) is 63.2 cm³/mol. The van der Waals surface area contributed by atoms with Crippen molar-refractivity contribution in [1.29, 1.82) is 0 Å². The number of hydrogen-bond acceptors (Lipinski definition) is 4. The van der Waals surface area contributed by atoms with E-state index < -0.39 is 31.1 Å². The number of halogens is 4. The number of aromatic nitrogens is 2. The van der Waals surface area contributed by atoms with Crippen LogP contribution < -0.4 is 10.6 Å². The quantitative estimate of drug-likeness (QED) is 0.863. The number of aryl methyl sites for hydroxylation is 1. The van der Waals surface area contributed by atoms with Crippen LogP contribution in [0.5, 0.6) is 0 Å². The first-order valence-corrected chi connectivity index (χ1v) is 5.67. The average molecular weight is 311 g/mol. The van der Waals surface area contributed by atoms with E-state index in [1.807, 2.05) is 0 Å². The van der Waals surface area contributed by atoms with Crippen molar-refractivity contribution in [3.8, 4) is 0 Å². The standard InChI is InChI=1S/C10H10ClF3N4O2/c1-5-8(15-2-6(11)18-5)9(20)16-3-7(19)17-4-10(12,13)14/h2H,3-4H2,1H3,(H,16,20)(H,17,19). The summed E-state index contributed by atoms with van der Waals surface area (Å²) < 4.78 is 35.5. The molecule has 0 atom stereocenters. The minimum atomic E-state index is -4.50. The largest absolute Gasteiger partial charge is 0.405 e. The summed E-state index contributed by atoms with van der Waals surface area (Å²) in [6.07, 6.45) is -3.36. The van der Waals surface area contributed by atoms with Crippen LogP contribution in [-0.2, 0) is 4.79 Å². The Hall–Kier alpha value is -1.90. The molecule has 1 rings (SSSR count). The molecule has 2 N–H and O–H groups in total. The molecule has 0 aliphatic rings. The Morgan fingerprint density at radius 2 is 2.00 bits per heavy atom. The second-order valence-electron chi connectivity index (χ2n) is 3.70. The minimum absolute atomic E-state index is 0.0574. The van der Waals surface area contributed by atoms with Crippen molar-refractivity contribution in [2.24, 2.45) is 0 Å². The van der Waals surface area contributed by atoms with E-state index in [1.165, 1.54) is 6.92 Å². The molecule has 0 saturated heterocycles. The molecule has 10 heteroatoms. The Labute approximate surface area is 116 Å². The zero-order chi connectivity index (χ0) is 15.3. The summed E-state index contributed by atoms with van der Waals surface area (Å²) >= 11 is 5.56. The highest BCUT2D eigenvalue weighted by atomic mass is 35.5. The summed E-state index contributed by atoms with van der Waals surface area (Å²) in [6.45, 7) is -0.572. The van der Waals surface area contributed by atoms with Gasteiger partial charge in [0.25, 0.3) is 5.91 Å². The molecule has 1 aromatic heterocycles. The minimum Gasteiger partial charge on any atom is -0.345 e. The number of alkyl halides is 3. The van der Waals surface area contributed by atoms with Gasteiger partial charge in [-0.05, 0) is 6.92 Å². The van der Waals surface area contributed by atoms with Crippen LogP contribution in [0.15, 0.2) is 6.20 Å². The van der Waals surface area contributed by atoms with Crippen molar-refractivity contribution < 1.29 is 22.8 Å². The average Bonchev–Trinajstić information content (AvgIpc) is 2.32. The lowest BCUT2D eigenvalue weighted by Gasteiger charge is -2.09. The van der Waals surface area contributed by atoms with Gasteiger partial charge in [0.2, 0.25) is 5.91 Å². The Bertz CT molecular complexity index is 522. The fraction of sp³-hybridized carbons (Fsp3) is 0.400. The van der Waals surface area contributed by atoms with Gasteiger partial charge >= 0.3 is 6.18 Å². The smallest absolute Gasteiger partial charge is 0.345 e. The van der Waals surface area contributed by atoms with Crippen LogP contribution >= 0.6 is 11.6 Å². The van der Waals surface area contributed by atoms with Crippen molar-refractivity contribution in [3.05, 3.63) is 22.7 Å². The summed E-state index contributed by atoms with van der Waals surface area (Å²) in [7, 11) is 0. The predicted octanol–water partition coefficient (Wildman–Crippen LogP) is 0.847. The third-order valence-corrected chi connectivity index (χ3v) is 2.21. The molecular formula is C10H10ClF3N4O2. The molecule has 0 aliphatic carbocycles. The lowest BCUT2D eigenvalue weighted by atomic mass is 10.3. The molecule has 0 fully saturated rings. The maximum absolute atomic E-state index is 11.8. The fourth-order valence-electron chi connectivity index (χ4n) is 1.18. The highest BCUT2D eigenvalue weighted by Gasteiger charge is 2.27. The molecule has 0 unspecified atom stereocenters. The summed E-state index contributed by atoms with van der Waals surface area (Å²) in [5.41, 5.74) is 0.184. The zero-order valence-corrected chi connectivity index (χ0v) is 11.0. The molecule has 0 saturated carbocycles. The van der Waals surface area contributed by atoms with E-state index in [9.17, 15) is 22.8 Å². The van der Waals surface area contributed by atoms with Gasteiger partial charge in [0, 0.05) is 0 Å². The molecule has 0 spiro atoms. The fourth-order valence-corrected chi connectivity index (χ4v) is 1.36. The summed E-state index contributed by atoms with van der Waals surface area (Å²) in [4.78, 5) is 30.2. The number of amides is 2. The van der Waals surface area contributed by atoms with Crippen LogP contribution in [0, 0.1) is 6.92 Å². The van der Waals surface area contributed by atoms with Crippen molar-refractivity contribution >= 4 is 23.4 Å². The van der Waals surface area contributed by atoms with Crippen LogP contribution in [0.2, 0.25) is 5.15 Å². The van der Waals surface area contributed by atoms with E-state index in [0.717, 1.165) is 6.20 Å². The number of nitrogens with one attached hydrogen (secondary N) is 2. The monoisotopic (exact) mass is 310 g/mol. The molecule has 20 heavy (non-hydrogen) atoms. The molecule has 110 valence electrons. The Balaban J connectivity index is 2.49. The van der Waals surface area contributed by atoms with Gasteiger partial charge in [0.1, 0.15) is 17.4 Å². The highest BCUT2D eigenvalue weighted by Crippen LogP contribution is 2.11. The Kier molecular flexibility index (Phi) is 5.26. The van der Waals surface area contributed by atoms with Gasteiger partial charge in [0.05, 0.1) is 18.4 Å². The first-order chi connectivity index (χ1) is 9.19. The van der Waals surface area contributed by atoms with Gasteiger partial charge in [-0.25, -0.2) is 9.97 Å². The van der Waals surface area contributed by atoms with E-state index in [0.29, 0.717) is 0 Å². The normalized spacial score (nSPS) is 11.1. The number of carbonyl (C=O) groups excluding carboxylic acids is 2. The van der Waals surface area contributed by atoms with Gasteiger partial charge in [-0.2, -0.15) is 13.2 Å². The molecule has 0 aliphatic heterocycles. The third kappa shape index (κ3) is 5.39. The van der Waals surface area contributed by atoms with Crippen LogP contribution in [0.25, 0.3) is 0 Å². The van der Waals surface area contributed by atoms with Gasteiger partial charge in [0.15, 0.2) is 0 Å². The maximum Gasteiger partial charge on any atom is 0.405 e. The van der Waals surface area contributed by atoms with Crippen LogP contribution in [0.4, 0.5) is 13.2 Å². The van der Waals surface area contributed by atoms with Gasteiger partial charge in [-0.1, -0.05) is 11.6 Å². The maximum atomic E-state index is 11.8. The van der Waals surface area contributed by atoms with Crippen LogP contribution in [0.1, 0.15) is 16.2 Å². The molecule has 0 bridgehead atoms. The van der Waals surface area contributed by atoms with E-state index in [4.69, 9.17) is 11.6 Å². The first kappa shape index (κ1) is 16.2. The van der Waals surface area contributed by atoms with E-state index >= 15 is 0 Å². The van der Waals surface area contributed by atoms with Crippen molar-refractivity contribution in [2.45, 2.75) is 13.1 Å². The number of carbonyl (C=O) groups is 2. The highest BCUT2D eigenvalue weighted by molar-refractivity contribution is 6.29. The summed E-state index contributed by atoms with van der Waals surface area (Å²) in [6, 6.07) is 0. The van der Waals surface area contributed by atoms with E-state index in [1.54, 1.807) is 5.32 Å². The lowest BCUT2D eigenvalue weighted by Crippen LogP contribution is -2.41. The molecule has 0 radical (unpaired) electrons. The second-order valence-corrected chi connectivity index (χ2v) is 4.09. The number of rotatable bonds is 4. The molecule has 2 amide bonds. The molecule has 0 aromatic carbocycles. The summed E-state index contributed by atoms with van der Waals surface area (Å²) in [5.74, 6) is -1.69. The van der Waals surface area contributed by atoms with Gasteiger partial charge in [-0.3, -0.25) is 9.59 Å². The molecule has 1 heterocycles. The van der Waals surface area contributed by atoms with Crippen LogP contribution in [0.3, 0.4) is 0 Å². The summed E-state index contributed by atoms with van der Waals surface area (Å²) in [5, 5.41) is 3.85. The van der Waals surface area contributed by atoms with Crippen LogP contribution in [-0.4, -0.2) is 41.0 Å². The Morgan fingerprint density at radius 3 is 2.55 bits per heavy atom. The van der Waals surface area contributed by atoms with Gasteiger partial charge in [-0.15, -0.1) is 0 Å². The van der Waals surface area contributed by atoms with Crippen molar-refractivity contribution in [1.82, 2.24) is 20.6 Å². The molecular weight excluding hydrogens is 301 g/mol. The van der Waals surface area contributed by atoms with Crippen molar-refractivity contribution in [3.63, 3.8) is 0 Å². The number of hydrogen-bond donors (Lipinski definition) is 2. The topological polar surface area (TPSA) is 84.0 Å². The van der Waals surface area contributed by atoms with E-state index in [2.05, 4.69) is 15.3 Å². The van der Waals surface area contributed by atoms with E-state index in [-0.39, 0.29) is 16.5 Å². The SMILES string of the molecule is Cc1nc(Cl)cnc1C(=O)NCC(=O)NCC(F)(F)F. The second kappa shape index (κ2) is 6.51. The Morgan fingerprint density at radius 1 is 1.35 bits per heavy atom. The van der Waals surface area contributed by atoms with Crippen molar-refractivity contribution in [2.75, 3.05) is 13.1 Å². The zero-order valence-electron chi connectivity index (χ0n) is 10.2. The van der Waals surface area contributed by atoms with Gasteiger partial charge < -0.3 is 10.6 Å². The number of nitrogens with zero attached hydrogens (tertiary/aromatic N) is 2. The molecule has 1 aromatic rings. The molecule has 6 nitrogen and oxygen atoms in total. The first-order valence-electron chi connectivity index (χ1n) is 5.30.